The van der Waals surface area contributed by atoms with Crippen molar-refractivity contribution in [2.45, 2.75) is 33.3 Å². The maximum Gasteiger partial charge on any atom is 0.411 e. The predicted octanol–water partition coefficient (Wildman–Crippen LogP) is 3.34. The average molecular weight is 207 g/mol. The van der Waals surface area contributed by atoms with Gasteiger partial charge in [0, 0.05) is 5.69 Å². The lowest BCUT2D eigenvalue weighted by molar-refractivity contribution is 0.118. The molecule has 0 bridgehead atoms. The quantitative estimate of drug-likeness (QED) is 0.825. The number of aryl methyl sites for hydroxylation is 1. The van der Waals surface area contributed by atoms with Crippen molar-refractivity contribution >= 4 is 11.8 Å². The Morgan fingerprint density at radius 3 is 2.87 bits per heavy atom. The lowest BCUT2D eigenvalue weighted by atomic mass is 10.2. The fourth-order valence-electron chi connectivity index (χ4n) is 1.14. The number of hydrogen-bond donors (Lipinski definition) is 1. The first-order valence-corrected chi connectivity index (χ1v) is 5.16. The van der Waals surface area contributed by atoms with Gasteiger partial charge in [-0.25, -0.2) is 4.79 Å². The zero-order chi connectivity index (χ0) is 11.3. The molecule has 0 saturated heterocycles. The van der Waals surface area contributed by atoms with E-state index in [0.717, 1.165) is 17.7 Å². The molecule has 0 radical (unpaired) electrons. The van der Waals surface area contributed by atoms with Gasteiger partial charge in [0.25, 0.3) is 0 Å². The third kappa shape index (κ3) is 4.02. The highest BCUT2D eigenvalue weighted by Gasteiger charge is 2.07. The van der Waals surface area contributed by atoms with Crippen molar-refractivity contribution in [3.63, 3.8) is 0 Å². The van der Waals surface area contributed by atoms with E-state index in [1.807, 2.05) is 45.0 Å². The summed E-state index contributed by atoms with van der Waals surface area (Å²) < 4.78 is 5.09. The van der Waals surface area contributed by atoms with E-state index in [-0.39, 0.29) is 6.10 Å². The van der Waals surface area contributed by atoms with Crippen molar-refractivity contribution in [2.75, 3.05) is 5.32 Å². The number of rotatable bonds is 3. The van der Waals surface area contributed by atoms with Crippen LogP contribution in [0.5, 0.6) is 0 Å². The number of amides is 1. The fourth-order valence-corrected chi connectivity index (χ4v) is 1.14. The maximum absolute atomic E-state index is 11.4. The van der Waals surface area contributed by atoms with Crippen molar-refractivity contribution in [3.8, 4) is 0 Å². The maximum atomic E-state index is 11.4. The molecule has 0 aliphatic rings. The molecule has 0 aliphatic heterocycles. The lowest BCUT2D eigenvalue weighted by Gasteiger charge is -2.11. The van der Waals surface area contributed by atoms with Crippen LogP contribution in [0, 0.1) is 6.92 Å². The van der Waals surface area contributed by atoms with E-state index in [2.05, 4.69) is 5.32 Å². The number of carbonyl (C=O) groups is 1. The standard InChI is InChI=1S/C12H17NO2/c1-4-10(3)15-12(14)13-11-7-5-6-9(2)8-11/h5-8,10H,4H2,1-3H3,(H,13,14). The molecule has 15 heavy (non-hydrogen) atoms. The van der Waals surface area contributed by atoms with Crippen LogP contribution < -0.4 is 5.32 Å². The number of hydrogen-bond acceptors (Lipinski definition) is 2. The van der Waals surface area contributed by atoms with Gasteiger partial charge < -0.3 is 4.74 Å². The van der Waals surface area contributed by atoms with Crippen LogP contribution in [-0.4, -0.2) is 12.2 Å². The second kappa shape index (κ2) is 5.39. The van der Waals surface area contributed by atoms with Crippen molar-refractivity contribution in [3.05, 3.63) is 29.8 Å². The van der Waals surface area contributed by atoms with E-state index in [1.54, 1.807) is 0 Å². The van der Waals surface area contributed by atoms with Crippen LogP contribution in [0.25, 0.3) is 0 Å². The third-order valence-electron chi connectivity index (χ3n) is 2.15. The minimum absolute atomic E-state index is 0.0465. The van der Waals surface area contributed by atoms with Crippen molar-refractivity contribution in [2.24, 2.45) is 0 Å². The molecule has 1 rings (SSSR count). The highest BCUT2D eigenvalue weighted by Crippen LogP contribution is 2.10. The Bertz CT molecular complexity index is 336. The summed E-state index contributed by atoms with van der Waals surface area (Å²) in [6.45, 7) is 5.83. The van der Waals surface area contributed by atoms with Crippen LogP contribution in [0.15, 0.2) is 24.3 Å². The van der Waals surface area contributed by atoms with Gasteiger partial charge in [0.2, 0.25) is 0 Å². The summed E-state index contributed by atoms with van der Waals surface area (Å²) in [6, 6.07) is 7.61. The Kier molecular flexibility index (Phi) is 4.16. The molecule has 1 aromatic rings. The van der Waals surface area contributed by atoms with Crippen LogP contribution in [-0.2, 0) is 4.74 Å². The molecule has 0 fully saturated rings. The first kappa shape index (κ1) is 11.6. The summed E-state index contributed by atoms with van der Waals surface area (Å²) in [5.74, 6) is 0. The summed E-state index contributed by atoms with van der Waals surface area (Å²) in [7, 11) is 0. The Morgan fingerprint density at radius 2 is 2.27 bits per heavy atom. The van der Waals surface area contributed by atoms with Crippen molar-refractivity contribution in [1.29, 1.82) is 0 Å². The van der Waals surface area contributed by atoms with Gasteiger partial charge in [0.1, 0.15) is 6.10 Å². The van der Waals surface area contributed by atoms with Gasteiger partial charge in [0.15, 0.2) is 0 Å². The molecular weight excluding hydrogens is 190 g/mol. The first-order chi connectivity index (χ1) is 7.11. The third-order valence-corrected chi connectivity index (χ3v) is 2.15. The van der Waals surface area contributed by atoms with Gasteiger partial charge >= 0.3 is 6.09 Å². The molecule has 3 heteroatoms. The molecular formula is C12H17NO2. The summed E-state index contributed by atoms with van der Waals surface area (Å²) in [4.78, 5) is 11.4. The second-order valence-electron chi connectivity index (χ2n) is 3.62. The highest BCUT2D eigenvalue weighted by atomic mass is 16.6. The number of ether oxygens (including phenoxy) is 1. The predicted molar refractivity (Wildman–Crippen MR) is 61.0 cm³/mol. The van der Waals surface area contributed by atoms with E-state index in [9.17, 15) is 4.79 Å². The molecule has 0 saturated carbocycles. The van der Waals surface area contributed by atoms with E-state index in [1.165, 1.54) is 0 Å². The Balaban J connectivity index is 2.51. The molecule has 1 amide bonds. The van der Waals surface area contributed by atoms with Gasteiger partial charge in [0.05, 0.1) is 0 Å². The average Bonchev–Trinajstić information content (AvgIpc) is 2.17. The van der Waals surface area contributed by atoms with Crippen LogP contribution in [0.4, 0.5) is 10.5 Å². The SMILES string of the molecule is CCC(C)OC(=O)Nc1cccc(C)c1. The number of nitrogens with one attached hydrogen (secondary N) is 1. The van der Waals surface area contributed by atoms with E-state index >= 15 is 0 Å². The van der Waals surface area contributed by atoms with Crippen LogP contribution in [0.3, 0.4) is 0 Å². The topological polar surface area (TPSA) is 38.3 Å². The van der Waals surface area contributed by atoms with Crippen molar-refractivity contribution < 1.29 is 9.53 Å². The number of carbonyl (C=O) groups excluding carboxylic acids is 1. The van der Waals surface area contributed by atoms with E-state index < -0.39 is 6.09 Å². The smallest absolute Gasteiger partial charge is 0.411 e. The van der Waals surface area contributed by atoms with Crippen molar-refractivity contribution in [1.82, 2.24) is 0 Å². The Hall–Kier alpha value is -1.51. The van der Waals surface area contributed by atoms with Gasteiger partial charge in [-0.05, 0) is 38.0 Å². The second-order valence-corrected chi connectivity index (χ2v) is 3.62. The normalized spacial score (nSPS) is 11.9. The largest absolute Gasteiger partial charge is 0.446 e. The summed E-state index contributed by atoms with van der Waals surface area (Å²) >= 11 is 0. The van der Waals surface area contributed by atoms with Gasteiger partial charge in [-0.2, -0.15) is 0 Å². The molecule has 82 valence electrons. The summed E-state index contributed by atoms with van der Waals surface area (Å²) in [5, 5.41) is 2.69. The summed E-state index contributed by atoms with van der Waals surface area (Å²) in [6.07, 6.45) is 0.381. The molecule has 1 atom stereocenters. The molecule has 0 heterocycles. The van der Waals surface area contributed by atoms with Gasteiger partial charge in [-0.3, -0.25) is 5.32 Å². The van der Waals surface area contributed by atoms with Crippen LogP contribution >= 0.6 is 0 Å². The van der Waals surface area contributed by atoms with E-state index in [4.69, 9.17) is 4.74 Å². The zero-order valence-corrected chi connectivity index (χ0v) is 9.41. The Labute approximate surface area is 90.4 Å². The Morgan fingerprint density at radius 1 is 1.53 bits per heavy atom. The number of anilines is 1. The zero-order valence-electron chi connectivity index (χ0n) is 9.41. The number of benzene rings is 1. The molecule has 0 spiro atoms. The fraction of sp³-hybridized carbons (Fsp3) is 0.417. The molecule has 1 N–H and O–H groups in total. The molecule has 0 aliphatic carbocycles. The molecule has 0 aromatic heterocycles. The minimum Gasteiger partial charge on any atom is -0.446 e. The van der Waals surface area contributed by atoms with Crippen LogP contribution in [0.1, 0.15) is 25.8 Å². The lowest BCUT2D eigenvalue weighted by Crippen LogP contribution is -2.19. The van der Waals surface area contributed by atoms with Gasteiger partial charge in [-0.15, -0.1) is 0 Å². The van der Waals surface area contributed by atoms with Crippen LogP contribution in [0.2, 0.25) is 0 Å². The minimum atomic E-state index is -0.394. The highest BCUT2D eigenvalue weighted by molar-refractivity contribution is 5.84. The monoisotopic (exact) mass is 207 g/mol. The molecule has 1 unspecified atom stereocenters. The molecule has 3 nitrogen and oxygen atoms in total. The summed E-state index contributed by atoms with van der Waals surface area (Å²) in [5.41, 5.74) is 1.87. The molecule has 1 aromatic carbocycles. The van der Waals surface area contributed by atoms with Gasteiger partial charge in [-0.1, -0.05) is 19.1 Å². The first-order valence-electron chi connectivity index (χ1n) is 5.16. The van der Waals surface area contributed by atoms with E-state index in [0.29, 0.717) is 0 Å².